The van der Waals surface area contributed by atoms with E-state index in [0.717, 1.165) is 22.9 Å². The fourth-order valence-corrected chi connectivity index (χ4v) is 5.61. The summed E-state index contributed by atoms with van der Waals surface area (Å²) in [7, 11) is -3.57. The quantitative estimate of drug-likeness (QED) is 0.240. The van der Waals surface area contributed by atoms with Gasteiger partial charge >= 0.3 is 0 Å². The Morgan fingerprint density at radius 3 is 2.22 bits per heavy atom. The third-order valence-corrected chi connectivity index (χ3v) is 8.16. The van der Waals surface area contributed by atoms with Crippen molar-refractivity contribution in [3.63, 3.8) is 0 Å². The summed E-state index contributed by atoms with van der Waals surface area (Å²) in [5, 5.41) is 5.65. The van der Waals surface area contributed by atoms with Crippen LogP contribution in [0.4, 0.5) is 4.79 Å². The van der Waals surface area contributed by atoms with Crippen LogP contribution in [-0.4, -0.2) is 43.7 Å². The van der Waals surface area contributed by atoms with Crippen molar-refractivity contribution in [2.45, 2.75) is 28.4 Å². The van der Waals surface area contributed by atoms with Gasteiger partial charge in [-0.25, -0.2) is 8.42 Å². The van der Waals surface area contributed by atoms with Crippen LogP contribution in [0.3, 0.4) is 0 Å². The topological polar surface area (TPSA) is 111 Å². The van der Waals surface area contributed by atoms with Crippen LogP contribution >= 0.6 is 11.8 Å². The average Bonchev–Trinajstić information content (AvgIpc) is 3.21. The Bertz CT molecular complexity index is 1360. The summed E-state index contributed by atoms with van der Waals surface area (Å²) in [5.41, 5.74) is 2.29. The fourth-order valence-electron chi connectivity index (χ4n) is 3.47. The summed E-state index contributed by atoms with van der Waals surface area (Å²) >= 11 is 1.01. The number of imide groups is 1. The SMILES string of the molecule is C/C(=N/OCCOc1ccc(CC2SC(=O)NC2=O)cc1)c1ccc(S(=O)(=O)c2ccccc2)cc1. The van der Waals surface area contributed by atoms with Gasteiger partial charge in [0.15, 0.2) is 6.61 Å². The van der Waals surface area contributed by atoms with Gasteiger partial charge < -0.3 is 9.57 Å². The molecule has 0 bridgehead atoms. The number of nitrogens with one attached hydrogen (secondary N) is 1. The second-order valence-corrected chi connectivity index (χ2v) is 11.1. The molecule has 0 aliphatic carbocycles. The number of nitrogens with zero attached hydrogens (tertiary/aromatic N) is 1. The van der Waals surface area contributed by atoms with Crippen LogP contribution in [0.15, 0.2) is 93.8 Å². The highest BCUT2D eigenvalue weighted by Gasteiger charge is 2.31. The van der Waals surface area contributed by atoms with Gasteiger partial charge in [0.25, 0.3) is 5.24 Å². The van der Waals surface area contributed by atoms with Crippen molar-refractivity contribution < 1.29 is 27.6 Å². The van der Waals surface area contributed by atoms with Gasteiger partial charge in [0, 0.05) is 0 Å². The molecule has 186 valence electrons. The molecule has 1 atom stereocenters. The van der Waals surface area contributed by atoms with Gasteiger partial charge in [-0.2, -0.15) is 0 Å². The molecule has 1 aliphatic heterocycles. The highest BCUT2D eigenvalue weighted by atomic mass is 32.2. The zero-order chi connectivity index (χ0) is 25.5. The summed E-state index contributed by atoms with van der Waals surface area (Å²) in [6.07, 6.45) is 0.471. The maximum absolute atomic E-state index is 12.7. The van der Waals surface area contributed by atoms with Gasteiger partial charge in [0.05, 0.1) is 20.8 Å². The fraction of sp³-hybridized carbons (Fsp3) is 0.192. The monoisotopic (exact) mass is 524 g/mol. The van der Waals surface area contributed by atoms with Crippen molar-refractivity contribution in [1.29, 1.82) is 0 Å². The third-order valence-electron chi connectivity index (χ3n) is 5.39. The molecule has 4 rings (SSSR count). The third kappa shape index (κ3) is 6.32. The van der Waals surface area contributed by atoms with Crippen LogP contribution < -0.4 is 10.1 Å². The van der Waals surface area contributed by atoms with Gasteiger partial charge in [-0.1, -0.05) is 59.4 Å². The minimum atomic E-state index is -3.57. The number of ether oxygens (including phenoxy) is 1. The molecule has 8 nitrogen and oxygen atoms in total. The Morgan fingerprint density at radius 2 is 1.58 bits per heavy atom. The van der Waals surface area contributed by atoms with Crippen molar-refractivity contribution in [3.05, 3.63) is 90.0 Å². The largest absolute Gasteiger partial charge is 0.490 e. The Hall–Kier alpha value is -3.63. The Kier molecular flexibility index (Phi) is 8.07. The van der Waals surface area contributed by atoms with Crippen molar-refractivity contribution in [3.8, 4) is 5.75 Å². The first-order chi connectivity index (χ1) is 17.3. The van der Waals surface area contributed by atoms with E-state index in [9.17, 15) is 18.0 Å². The molecule has 3 aromatic rings. The normalized spacial score (nSPS) is 16.0. The highest BCUT2D eigenvalue weighted by Crippen LogP contribution is 2.24. The van der Waals surface area contributed by atoms with Crippen molar-refractivity contribution in [1.82, 2.24) is 5.32 Å². The van der Waals surface area contributed by atoms with E-state index in [1.807, 2.05) is 12.1 Å². The summed E-state index contributed by atoms with van der Waals surface area (Å²) in [6, 6.07) is 22.1. The first-order valence-corrected chi connectivity index (χ1v) is 13.5. The number of benzene rings is 3. The first kappa shape index (κ1) is 25.5. The molecule has 3 aromatic carbocycles. The number of oxime groups is 1. The lowest BCUT2D eigenvalue weighted by atomic mass is 10.1. The van der Waals surface area contributed by atoms with E-state index in [0.29, 0.717) is 17.9 Å². The van der Waals surface area contributed by atoms with Gasteiger partial charge in [0.2, 0.25) is 15.7 Å². The summed E-state index contributed by atoms with van der Waals surface area (Å²) in [4.78, 5) is 28.7. The summed E-state index contributed by atoms with van der Waals surface area (Å²) in [6.45, 7) is 2.27. The summed E-state index contributed by atoms with van der Waals surface area (Å²) in [5.74, 6) is 0.393. The van der Waals surface area contributed by atoms with Gasteiger partial charge in [-0.05, 0) is 60.9 Å². The van der Waals surface area contributed by atoms with Crippen molar-refractivity contribution in [2.24, 2.45) is 5.16 Å². The van der Waals surface area contributed by atoms with Crippen molar-refractivity contribution in [2.75, 3.05) is 13.2 Å². The van der Waals surface area contributed by atoms with Crippen LogP contribution in [0.2, 0.25) is 0 Å². The number of thioether (sulfide) groups is 1. The molecule has 2 amide bonds. The Balaban J connectivity index is 1.23. The lowest BCUT2D eigenvalue weighted by molar-refractivity contribution is -0.118. The van der Waals surface area contributed by atoms with E-state index in [4.69, 9.17) is 9.57 Å². The second kappa shape index (κ2) is 11.4. The number of carbonyl (C=O) groups is 2. The highest BCUT2D eigenvalue weighted by molar-refractivity contribution is 8.15. The van der Waals surface area contributed by atoms with E-state index in [1.165, 1.54) is 0 Å². The van der Waals surface area contributed by atoms with Gasteiger partial charge in [0.1, 0.15) is 12.4 Å². The minimum Gasteiger partial charge on any atom is -0.490 e. The number of amides is 2. The van der Waals surface area contributed by atoms with E-state index in [2.05, 4.69) is 10.5 Å². The van der Waals surface area contributed by atoms with E-state index >= 15 is 0 Å². The number of sulfone groups is 1. The predicted octanol–water partition coefficient (Wildman–Crippen LogP) is 4.23. The van der Waals surface area contributed by atoms with Crippen LogP contribution in [0, 0.1) is 0 Å². The van der Waals surface area contributed by atoms with Gasteiger partial charge in [-0.3, -0.25) is 14.9 Å². The number of hydrogen-bond acceptors (Lipinski definition) is 8. The zero-order valence-corrected chi connectivity index (χ0v) is 21.1. The molecule has 1 unspecified atom stereocenters. The molecule has 0 radical (unpaired) electrons. The van der Waals surface area contributed by atoms with E-state index in [1.54, 1.807) is 73.7 Å². The number of rotatable bonds is 10. The standard InChI is InChI=1S/C26H24N2O6S2/c1-18(20-9-13-23(14-10-20)36(31,32)22-5-3-2-4-6-22)28-34-16-15-33-21-11-7-19(8-12-21)17-24-25(29)27-26(30)35-24/h2-14,24H,15-17H2,1H3,(H,27,29,30)/b28-18-. The lowest BCUT2D eigenvalue weighted by Gasteiger charge is -2.09. The zero-order valence-electron chi connectivity index (χ0n) is 19.4. The smallest absolute Gasteiger partial charge is 0.286 e. The molecule has 1 saturated heterocycles. The molecule has 1 N–H and O–H groups in total. The number of hydrogen-bond donors (Lipinski definition) is 1. The molecule has 0 spiro atoms. The summed E-state index contributed by atoms with van der Waals surface area (Å²) < 4.78 is 31.0. The molecule has 0 aromatic heterocycles. The molecular formula is C26H24N2O6S2. The van der Waals surface area contributed by atoms with Crippen LogP contribution in [0.5, 0.6) is 5.75 Å². The van der Waals surface area contributed by atoms with E-state index in [-0.39, 0.29) is 34.2 Å². The van der Waals surface area contributed by atoms with Crippen LogP contribution in [0.1, 0.15) is 18.1 Å². The van der Waals surface area contributed by atoms with Crippen LogP contribution in [0.25, 0.3) is 0 Å². The van der Waals surface area contributed by atoms with Crippen molar-refractivity contribution >= 4 is 38.5 Å². The molecule has 1 aliphatic rings. The maximum Gasteiger partial charge on any atom is 0.286 e. The molecule has 36 heavy (non-hydrogen) atoms. The molecule has 10 heteroatoms. The predicted molar refractivity (Wildman–Crippen MR) is 137 cm³/mol. The molecule has 1 fully saturated rings. The van der Waals surface area contributed by atoms with E-state index < -0.39 is 15.1 Å². The first-order valence-electron chi connectivity index (χ1n) is 11.1. The average molecular weight is 525 g/mol. The van der Waals surface area contributed by atoms with Crippen LogP contribution in [-0.2, 0) is 25.9 Å². The lowest BCUT2D eigenvalue weighted by Crippen LogP contribution is -2.25. The Morgan fingerprint density at radius 1 is 0.917 bits per heavy atom. The maximum atomic E-state index is 12.7. The second-order valence-electron chi connectivity index (χ2n) is 7.93. The molecular weight excluding hydrogens is 500 g/mol. The number of carbonyl (C=O) groups excluding carboxylic acids is 2. The van der Waals surface area contributed by atoms with Gasteiger partial charge in [-0.15, -0.1) is 0 Å². The minimum absolute atomic E-state index is 0.212. The molecule has 1 heterocycles. The molecule has 0 saturated carbocycles. The Labute approximate surface area is 213 Å².